The highest BCUT2D eigenvalue weighted by atomic mass is 16.4. The van der Waals surface area contributed by atoms with Crippen LogP contribution in [0.15, 0.2) is 0 Å². The quantitative estimate of drug-likeness (QED) is 0.711. The third-order valence-corrected chi connectivity index (χ3v) is 3.53. The Morgan fingerprint density at radius 1 is 1.47 bits per heavy atom. The molecule has 1 rings (SSSR count). The average molecular weight is 213 g/mol. The summed E-state index contributed by atoms with van der Waals surface area (Å²) in [5, 5.41) is 8.90. The van der Waals surface area contributed by atoms with Crippen LogP contribution in [0.2, 0.25) is 0 Å². The van der Waals surface area contributed by atoms with E-state index in [2.05, 4.69) is 6.92 Å². The molecule has 0 heterocycles. The van der Waals surface area contributed by atoms with Gasteiger partial charge in [-0.05, 0) is 24.7 Å². The van der Waals surface area contributed by atoms with Crippen molar-refractivity contribution in [3.8, 4) is 0 Å². The molecule has 0 aromatic carbocycles. The van der Waals surface area contributed by atoms with E-state index in [4.69, 9.17) is 10.8 Å². The second-order valence-electron chi connectivity index (χ2n) is 5.00. The molecule has 0 radical (unpaired) electrons. The first kappa shape index (κ1) is 12.5. The van der Waals surface area contributed by atoms with E-state index < -0.39 is 5.97 Å². The minimum absolute atomic E-state index is 0.268. The fraction of sp³-hybridized carbons (Fsp3) is 0.917. The first-order chi connectivity index (χ1) is 7.13. The Kier molecular flexibility index (Phi) is 5.09. The van der Waals surface area contributed by atoms with Crippen molar-refractivity contribution in [2.24, 2.45) is 23.5 Å². The molecule has 0 amide bonds. The lowest BCUT2D eigenvalue weighted by Crippen LogP contribution is -2.25. The average Bonchev–Trinajstić information content (AvgIpc) is 2.66. The van der Waals surface area contributed by atoms with Crippen molar-refractivity contribution < 1.29 is 9.90 Å². The van der Waals surface area contributed by atoms with Gasteiger partial charge in [-0.1, -0.05) is 32.6 Å². The van der Waals surface area contributed by atoms with Crippen molar-refractivity contribution in [1.82, 2.24) is 0 Å². The summed E-state index contributed by atoms with van der Waals surface area (Å²) in [5.41, 5.74) is 5.45. The summed E-state index contributed by atoms with van der Waals surface area (Å²) in [6.45, 7) is 2.42. The summed E-state index contributed by atoms with van der Waals surface area (Å²) >= 11 is 0. The molecular weight excluding hydrogens is 190 g/mol. The maximum Gasteiger partial charge on any atom is 0.307 e. The normalized spacial score (nSPS) is 21.5. The second-order valence-corrected chi connectivity index (χ2v) is 5.00. The minimum atomic E-state index is -0.740. The number of hydrogen-bond donors (Lipinski definition) is 2. The molecule has 1 saturated carbocycles. The van der Waals surface area contributed by atoms with Crippen LogP contribution in [-0.2, 0) is 4.79 Å². The molecule has 0 spiro atoms. The van der Waals surface area contributed by atoms with E-state index in [1.54, 1.807) is 0 Å². The van der Waals surface area contributed by atoms with Crippen LogP contribution in [0.5, 0.6) is 0 Å². The summed E-state index contributed by atoms with van der Waals surface area (Å²) in [5.74, 6) is 0.252. The smallest absolute Gasteiger partial charge is 0.307 e. The van der Waals surface area contributed by atoms with Gasteiger partial charge in [-0.3, -0.25) is 4.79 Å². The lowest BCUT2D eigenvalue weighted by Gasteiger charge is -2.19. The number of carbonyl (C=O) groups is 1. The predicted octanol–water partition coefficient (Wildman–Crippen LogP) is 2.25. The molecule has 1 aliphatic rings. The van der Waals surface area contributed by atoms with E-state index >= 15 is 0 Å². The van der Waals surface area contributed by atoms with Crippen molar-refractivity contribution in [1.29, 1.82) is 0 Å². The highest BCUT2D eigenvalue weighted by molar-refractivity contribution is 5.70. The molecule has 1 fully saturated rings. The molecule has 0 aromatic rings. The van der Waals surface area contributed by atoms with Crippen LogP contribution in [0.25, 0.3) is 0 Å². The van der Waals surface area contributed by atoms with Crippen LogP contribution in [0.1, 0.15) is 45.4 Å². The van der Waals surface area contributed by atoms with Gasteiger partial charge >= 0.3 is 5.97 Å². The van der Waals surface area contributed by atoms with Gasteiger partial charge in [0.2, 0.25) is 0 Å². The summed E-state index contributed by atoms with van der Waals surface area (Å²) < 4.78 is 0. The highest BCUT2D eigenvalue weighted by Crippen LogP contribution is 2.32. The first-order valence-electron chi connectivity index (χ1n) is 6.06. The van der Waals surface area contributed by atoms with Crippen LogP contribution in [0, 0.1) is 17.8 Å². The van der Waals surface area contributed by atoms with Gasteiger partial charge in [-0.15, -0.1) is 0 Å². The molecule has 88 valence electrons. The standard InChI is InChI=1S/C12H23NO2/c1-9(6-10-4-2-3-5-10)7-11(8-13)12(14)15/h9-11H,2-8,13H2,1H3,(H,14,15)/t9-,11-/m1/s1. The van der Waals surface area contributed by atoms with E-state index in [-0.39, 0.29) is 12.5 Å². The molecule has 3 N–H and O–H groups in total. The molecular formula is C12H23NO2. The molecule has 3 heteroatoms. The van der Waals surface area contributed by atoms with E-state index in [1.807, 2.05) is 0 Å². The van der Waals surface area contributed by atoms with Gasteiger partial charge in [0.05, 0.1) is 5.92 Å². The number of nitrogens with two attached hydrogens (primary N) is 1. The van der Waals surface area contributed by atoms with E-state index in [0.717, 1.165) is 12.3 Å². The molecule has 1 aliphatic carbocycles. The minimum Gasteiger partial charge on any atom is -0.481 e. The first-order valence-corrected chi connectivity index (χ1v) is 6.06. The molecule has 2 atom stereocenters. The van der Waals surface area contributed by atoms with Crippen molar-refractivity contribution in [2.45, 2.75) is 45.4 Å². The molecule has 0 saturated heterocycles. The molecule has 0 aromatic heterocycles. The number of hydrogen-bond acceptors (Lipinski definition) is 2. The Labute approximate surface area is 92.0 Å². The van der Waals surface area contributed by atoms with Crippen LogP contribution >= 0.6 is 0 Å². The fourth-order valence-electron chi connectivity index (χ4n) is 2.69. The zero-order chi connectivity index (χ0) is 11.3. The Morgan fingerprint density at radius 2 is 2.07 bits per heavy atom. The van der Waals surface area contributed by atoms with Crippen molar-refractivity contribution in [3.63, 3.8) is 0 Å². The lowest BCUT2D eigenvalue weighted by molar-refractivity contribution is -0.142. The zero-order valence-corrected chi connectivity index (χ0v) is 9.61. The van der Waals surface area contributed by atoms with Crippen LogP contribution in [0.4, 0.5) is 0 Å². The summed E-state index contributed by atoms with van der Waals surface area (Å²) in [7, 11) is 0. The SMILES string of the molecule is C[C@H](CC1CCCC1)C[C@H](CN)C(=O)O. The summed E-state index contributed by atoms with van der Waals surface area (Å²) in [6, 6.07) is 0. The van der Waals surface area contributed by atoms with Crippen molar-refractivity contribution in [3.05, 3.63) is 0 Å². The zero-order valence-electron chi connectivity index (χ0n) is 9.61. The molecule has 3 nitrogen and oxygen atoms in total. The van der Waals surface area contributed by atoms with Gasteiger partial charge in [-0.25, -0.2) is 0 Å². The van der Waals surface area contributed by atoms with Crippen molar-refractivity contribution in [2.75, 3.05) is 6.54 Å². The highest BCUT2D eigenvalue weighted by Gasteiger charge is 2.22. The molecule has 15 heavy (non-hydrogen) atoms. The van der Waals surface area contributed by atoms with Gasteiger partial charge in [0.15, 0.2) is 0 Å². The summed E-state index contributed by atoms with van der Waals surface area (Å²) in [4.78, 5) is 10.8. The number of carboxylic acids is 1. The number of carboxylic acid groups (broad SMARTS) is 1. The van der Waals surface area contributed by atoms with E-state index in [9.17, 15) is 4.79 Å². The maximum absolute atomic E-state index is 10.8. The van der Waals surface area contributed by atoms with E-state index in [1.165, 1.54) is 32.1 Å². The van der Waals surface area contributed by atoms with Gasteiger partial charge in [0.1, 0.15) is 0 Å². The van der Waals surface area contributed by atoms with Gasteiger partial charge in [0, 0.05) is 6.54 Å². The monoisotopic (exact) mass is 213 g/mol. The molecule has 0 aliphatic heterocycles. The predicted molar refractivity (Wildman–Crippen MR) is 60.5 cm³/mol. The topological polar surface area (TPSA) is 63.3 Å². The third-order valence-electron chi connectivity index (χ3n) is 3.53. The molecule has 0 unspecified atom stereocenters. The maximum atomic E-state index is 10.8. The lowest BCUT2D eigenvalue weighted by atomic mass is 9.87. The van der Waals surface area contributed by atoms with Crippen LogP contribution in [0.3, 0.4) is 0 Å². The van der Waals surface area contributed by atoms with Gasteiger partial charge in [-0.2, -0.15) is 0 Å². The van der Waals surface area contributed by atoms with Crippen molar-refractivity contribution >= 4 is 5.97 Å². The van der Waals surface area contributed by atoms with Crippen LogP contribution < -0.4 is 5.73 Å². The van der Waals surface area contributed by atoms with E-state index in [0.29, 0.717) is 5.92 Å². The second kappa shape index (κ2) is 6.11. The summed E-state index contributed by atoms with van der Waals surface area (Å²) in [6.07, 6.45) is 7.31. The number of aliphatic carboxylic acids is 1. The third kappa shape index (κ3) is 4.20. The van der Waals surface area contributed by atoms with Gasteiger partial charge < -0.3 is 10.8 Å². The Balaban J connectivity index is 2.26. The van der Waals surface area contributed by atoms with Gasteiger partial charge in [0.25, 0.3) is 0 Å². The Hall–Kier alpha value is -0.570. The molecule has 0 bridgehead atoms. The van der Waals surface area contributed by atoms with Crippen LogP contribution in [-0.4, -0.2) is 17.6 Å². The largest absolute Gasteiger partial charge is 0.481 e. The Morgan fingerprint density at radius 3 is 2.53 bits per heavy atom. The number of rotatable bonds is 6. The fourth-order valence-corrected chi connectivity index (χ4v) is 2.69. The Bertz CT molecular complexity index is 200.